The molecule has 0 bridgehead atoms. The van der Waals surface area contributed by atoms with Crippen LogP contribution >= 0.6 is 11.6 Å². The second-order valence-electron chi connectivity index (χ2n) is 7.95. The number of aromatic nitrogens is 3. The van der Waals surface area contributed by atoms with Crippen molar-refractivity contribution in [3.8, 4) is 0 Å². The van der Waals surface area contributed by atoms with Gasteiger partial charge in [-0.1, -0.05) is 66.2 Å². The molecule has 0 saturated heterocycles. The number of rotatable bonds is 6. The Labute approximate surface area is 201 Å². The van der Waals surface area contributed by atoms with Crippen molar-refractivity contribution in [1.82, 2.24) is 14.8 Å². The van der Waals surface area contributed by atoms with Gasteiger partial charge in [-0.2, -0.15) is 4.98 Å². The van der Waals surface area contributed by atoms with Crippen molar-refractivity contribution in [3.63, 3.8) is 0 Å². The molecule has 34 heavy (non-hydrogen) atoms. The highest BCUT2D eigenvalue weighted by Gasteiger charge is 2.26. The van der Waals surface area contributed by atoms with Crippen molar-refractivity contribution in [1.29, 1.82) is 0 Å². The molecule has 3 aromatic carbocycles. The minimum Gasteiger partial charge on any atom is -0.324 e. The molecule has 0 saturated carbocycles. The van der Waals surface area contributed by atoms with E-state index in [1.807, 2.05) is 60.7 Å². The minimum absolute atomic E-state index is 0.170. The number of benzene rings is 3. The van der Waals surface area contributed by atoms with E-state index in [9.17, 15) is 9.18 Å². The summed E-state index contributed by atoms with van der Waals surface area (Å²) in [6, 6.07) is 23.2. The first-order chi connectivity index (χ1) is 16.5. The molecule has 8 heteroatoms. The van der Waals surface area contributed by atoms with Gasteiger partial charge in [-0.3, -0.25) is 10.1 Å². The number of hydrogen-bond donors (Lipinski definition) is 2. The lowest BCUT2D eigenvalue weighted by Crippen LogP contribution is -2.20. The van der Waals surface area contributed by atoms with E-state index in [0.717, 1.165) is 22.4 Å². The van der Waals surface area contributed by atoms with Gasteiger partial charge in [0, 0.05) is 17.1 Å². The number of fused-ring (bicyclic) bond motifs is 1. The SMILES string of the molecule is O=C(CCc1ccccc1)Nc1nc2n(n1)[C@H](c1ccc(F)cc1)C=C(c1ccc(Cl)cc1)N2. The number of nitrogens with one attached hydrogen (secondary N) is 2. The fraction of sp³-hybridized carbons (Fsp3) is 0.115. The van der Waals surface area contributed by atoms with Crippen LogP contribution in [0.1, 0.15) is 29.2 Å². The highest BCUT2D eigenvalue weighted by atomic mass is 35.5. The normalized spacial score (nSPS) is 14.6. The van der Waals surface area contributed by atoms with Crippen LogP contribution in [0.25, 0.3) is 5.70 Å². The smallest absolute Gasteiger partial charge is 0.250 e. The van der Waals surface area contributed by atoms with Gasteiger partial charge in [0.05, 0.1) is 0 Å². The zero-order valence-electron chi connectivity index (χ0n) is 18.1. The number of hydrogen-bond acceptors (Lipinski definition) is 4. The highest BCUT2D eigenvalue weighted by molar-refractivity contribution is 6.30. The number of carbonyl (C=O) groups excluding carboxylic acids is 1. The van der Waals surface area contributed by atoms with Gasteiger partial charge in [0.25, 0.3) is 5.95 Å². The molecule has 0 aliphatic carbocycles. The molecule has 2 heterocycles. The maximum Gasteiger partial charge on any atom is 0.250 e. The molecule has 1 aliphatic heterocycles. The van der Waals surface area contributed by atoms with E-state index in [-0.39, 0.29) is 23.7 Å². The summed E-state index contributed by atoms with van der Waals surface area (Å²) in [6.07, 6.45) is 2.93. The molecule has 0 spiro atoms. The first-order valence-corrected chi connectivity index (χ1v) is 11.2. The standard InChI is InChI=1S/C26H21ClFN5O/c27-20-11-7-18(8-12-20)22-16-23(19-9-13-21(28)14-10-19)33-26(29-22)31-25(32-33)30-24(34)15-6-17-4-2-1-3-5-17/h1-5,7-14,16,23H,6,15H2,(H2,29,30,31,32,34)/t23-/m0/s1. The third-order valence-corrected chi connectivity index (χ3v) is 5.82. The molecule has 1 amide bonds. The van der Waals surface area contributed by atoms with Crippen molar-refractivity contribution < 1.29 is 9.18 Å². The second-order valence-corrected chi connectivity index (χ2v) is 8.38. The summed E-state index contributed by atoms with van der Waals surface area (Å²) < 4.78 is 15.2. The molecular formula is C26H21ClFN5O. The van der Waals surface area contributed by atoms with E-state index >= 15 is 0 Å². The average Bonchev–Trinajstić information content (AvgIpc) is 3.26. The molecule has 4 aromatic rings. The fourth-order valence-electron chi connectivity index (χ4n) is 3.83. The van der Waals surface area contributed by atoms with Gasteiger partial charge in [0.1, 0.15) is 11.9 Å². The van der Waals surface area contributed by atoms with Crippen LogP contribution in [0.4, 0.5) is 16.3 Å². The van der Waals surface area contributed by atoms with Crippen molar-refractivity contribution in [2.75, 3.05) is 10.6 Å². The second kappa shape index (κ2) is 9.49. The van der Waals surface area contributed by atoms with E-state index in [2.05, 4.69) is 20.7 Å². The van der Waals surface area contributed by atoms with Crippen molar-refractivity contribution in [2.24, 2.45) is 0 Å². The van der Waals surface area contributed by atoms with Crippen LogP contribution in [0, 0.1) is 5.82 Å². The zero-order valence-corrected chi connectivity index (χ0v) is 18.8. The summed E-state index contributed by atoms with van der Waals surface area (Å²) >= 11 is 6.05. The van der Waals surface area contributed by atoms with Crippen molar-refractivity contribution in [3.05, 3.63) is 112 Å². The number of allylic oxidation sites excluding steroid dienone is 1. The fourth-order valence-corrected chi connectivity index (χ4v) is 3.96. The maximum absolute atomic E-state index is 13.5. The van der Waals surface area contributed by atoms with Gasteiger partial charge < -0.3 is 5.32 Å². The van der Waals surface area contributed by atoms with E-state index in [1.165, 1.54) is 12.1 Å². The largest absolute Gasteiger partial charge is 0.324 e. The lowest BCUT2D eigenvalue weighted by atomic mass is 10.0. The predicted octanol–water partition coefficient (Wildman–Crippen LogP) is 5.70. The predicted molar refractivity (Wildman–Crippen MR) is 131 cm³/mol. The monoisotopic (exact) mass is 473 g/mol. The highest BCUT2D eigenvalue weighted by Crippen LogP contribution is 2.33. The summed E-state index contributed by atoms with van der Waals surface area (Å²) in [4.78, 5) is 17.0. The van der Waals surface area contributed by atoms with Crippen LogP contribution in [0.3, 0.4) is 0 Å². The van der Waals surface area contributed by atoms with E-state index in [4.69, 9.17) is 11.6 Å². The molecule has 1 atom stereocenters. The van der Waals surface area contributed by atoms with E-state index in [1.54, 1.807) is 16.8 Å². The van der Waals surface area contributed by atoms with Gasteiger partial charge in [-0.25, -0.2) is 9.07 Å². The van der Waals surface area contributed by atoms with Crippen LogP contribution in [0.5, 0.6) is 0 Å². The van der Waals surface area contributed by atoms with Crippen molar-refractivity contribution in [2.45, 2.75) is 18.9 Å². The number of aryl methyl sites for hydroxylation is 1. The third-order valence-electron chi connectivity index (χ3n) is 5.57. The zero-order chi connectivity index (χ0) is 23.5. The van der Waals surface area contributed by atoms with Gasteiger partial charge in [0.15, 0.2) is 0 Å². The minimum atomic E-state index is -0.343. The van der Waals surface area contributed by atoms with E-state index in [0.29, 0.717) is 23.8 Å². The Bertz CT molecular complexity index is 1330. The third kappa shape index (κ3) is 4.84. The Morgan fingerprint density at radius 3 is 2.50 bits per heavy atom. The summed E-state index contributed by atoms with van der Waals surface area (Å²) in [7, 11) is 0. The summed E-state index contributed by atoms with van der Waals surface area (Å²) in [5, 5.41) is 11.2. The summed E-state index contributed by atoms with van der Waals surface area (Å²) in [5.41, 5.74) is 3.65. The van der Waals surface area contributed by atoms with Crippen LogP contribution in [-0.2, 0) is 11.2 Å². The Morgan fingerprint density at radius 2 is 1.76 bits per heavy atom. The molecule has 5 rings (SSSR count). The molecule has 0 radical (unpaired) electrons. The van der Waals surface area contributed by atoms with Gasteiger partial charge in [0.2, 0.25) is 11.9 Å². The molecule has 0 fully saturated rings. The van der Waals surface area contributed by atoms with Crippen LogP contribution < -0.4 is 10.6 Å². The first-order valence-electron chi connectivity index (χ1n) is 10.9. The Balaban J connectivity index is 1.40. The van der Waals surface area contributed by atoms with Gasteiger partial charge in [-0.05, 0) is 53.5 Å². The molecule has 2 N–H and O–H groups in total. The molecule has 0 unspecified atom stereocenters. The molecule has 1 aliphatic rings. The maximum atomic E-state index is 13.5. The lowest BCUT2D eigenvalue weighted by molar-refractivity contribution is -0.116. The van der Waals surface area contributed by atoms with Gasteiger partial charge in [-0.15, -0.1) is 5.10 Å². The van der Waals surface area contributed by atoms with Crippen LogP contribution in [-0.4, -0.2) is 20.7 Å². The Morgan fingerprint density at radius 1 is 1.03 bits per heavy atom. The topological polar surface area (TPSA) is 71.8 Å². The lowest BCUT2D eigenvalue weighted by Gasteiger charge is -2.24. The number of anilines is 2. The van der Waals surface area contributed by atoms with Crippen LogP contribution in [0.15, 0.2) is 84.9 Å². The first kappa shape index (κ1) is 21.9. The Kier molecular flexibility index (Phi) is 6.10. The molecular weight excluding hydrogens is 453 g/mol. The quantitative estimate of drug-likeness (QED) is 0.377. The number of nitrogens with zero attached hydrogens (tertiary/aromatic N) is 3. The summed E-state index contributed by atoms with van der Waals surface area (Å²) in [6.45, 7) is 0. The summed E-state index contributed by atoms with van der Waals surface area (Å²) in [5.74, 6) is 0.194. The number of carbonyl (C=O) groups is 1. The van der Waals surface area contributed by atoms with Crippen molar-refractivity contribution >= 4 is 35.1 Å². The average molecular weight is 474 g/mol. The van der Waals surface area contributed by atoms with Crippen LogP contribution in [0.2, 0.25) is 5.02 Å². The number of amides is 1. The molecule has 6 nitrogen and oxygen atoms in total. The molecule has 170 valence electrons. The molecule has 1 aromatic heterocycles. The van der Waals surface area contributed by atoms with Gasteiger partial charge >= 0.3 is 0 Å². The number of halogens is 2. The Hall–Kier alpha value is -3.97. The van der Waals surface area contributed by atoms with E-state index < -0.39 is 0 Å².